The molecule has 1 N–H and O–H groups in total. The highest BCUT2D eigenvalue weighted by Crippen LogP contribution is 2.19. The first-order valence-electron chi connectivity index (χ1n) is 7.16. The van der Waals surface area contributed by atoms with Crippen LogP contribution < -0.4 is 0 Å². The monoisotopic (exact) mass is 280 g/mol. The first-order chi connectivity index (χ1) is 9.52. The van der Waals surface area contributed by atoms with Crippen LogP contribution in [0.3, 0.4) is 0 Å². The molecular formula is C14H24N4O2. The summed E-state index contributed by atoms with van der Waals surface area (Å²) < 4.78 is 1.87. The third-order valence-electron chi connectivity index (χ3n) is 4.00. The normalized spacial score (nSPS) is 20.6. The van der Waals surface area contributed by atoms with Crippen molar-refractivity contribution in [2.45, 2.75) is 38.5 Å². The fourth-order valence-corrected chi connectivity index (χ4v) is 2.66. The molecule has 6 nitrogen and oxygen atoms in total. The molecule has 1 fully saturated rings. The SMILES string of the molecule is CCn1ccnc1C(O)CC(=O)N1CCC(N(C)C)C1. The van der Waals surface area contributed by atoms with Crippen LogP contribution in [0.15, 0.2) is 12.4 Å². The molecule has 1 aromatic heterocycles. The lowest BCUT2D eigenvalue weighted by Gasteiger charge is -2.21. The molecule has 0 aliphatic carbocycles. The van der Waals surface area contributed by atoms with Gasteiger partial charge in [0.05, 0.1) is 6.42 Å². The van der Waals surface area contributed by atoms with Crippen molar-refractivity contribution in [2.24, 2.45) is 0 Å². The van der Waals surface area contributed by atoms with E-state index >= 15 is 0 Å². The largest absolute Gasteiger partial charge is 0.385 e. The van der Waals surface area contributed by atoms with E-state index < -0.39 is 6.10 Å². The molecule has 1 aromatic rings. The minimum absolute atomic E-state index is 0.00695. The Morgan fingerprint density at radius 2 is 2.35 bits per heavy atom. The molecule has 1 amide bonds. The van der Waals surface area contributed by atoms with E-state index in [0.29, 0.717) is 11.9 Å². The molecule has 20 heavy (non-hydrogen) atoms. The number of rotatable bonds is 5. The summed E-state index contributed by atoms with van der Waals surface area (Å²) in [5.41, 5.74) is 0. The van der Waals surface area contributed by atoms with E-state index in [-0.39, 0.29) is 12.3 Å². The lowest BCUT2D eigenvalue weighted by Crippen LogP contribution is -2.35. The maximum absolute atomic E-state index is 12.2. The topological polar surface area (TPSA) is 61.6 Å². The van der Waals surface area contributed by atoms with Crippen molar-refractivity contribution in [2.75, 3.05) is 27.2 Å². The maximum Gasteiger partial charge on any atom is 0.225 e. The van der Waals surface area contributed by atoms with Crippen molar-refractivity contribution >= 4 is 5.91 Å². The predicted octanol–water partition coefficient (Wildman–Crippen LogP) is 0.489. The molecule has 2 rings (SSSR count). The fourth-order valence-electron chi connectivity index (χ4n) is 2.66. The van der Waals surface area contributed by atoms with E-state index in [0.717, 1.165) is 26.1 Å². The molecule has 2 atom stereocenters. The number of likely N-dealkylation sites (tertiary alicyclic amines) is 1. The lowest BCUT2D eigenvalue weighted by molar-refractivity contribution is -0.132. The fraction of sp³-hybridized carbons (Fsp3) is 0.714. The van der Waals surface area contributed by atoms with Crippen molar-refractivity contribution in [1.82, 2.24) is 19.4 Å². The van der Waals surface area contributed by atoms with Gasteiger partial charge >= 0.3 is 0 Å². The zero-order valence-electron chi connectivity index (χ0n) is 12.5. The van der Waals surface area contributed by atoms with Crippen molar-refractivity contribution < 1.29 is 9.90 Å². The van der Waals surface area contributed by atoms with Crippen molar-refractivity contribution in [1.29, 1.82) is 0 Å². The quantitative estimate of drug-likeness (QED) is 0.852. The van der Waals surface area contributed by atoms with E-state index in [1.807, 2.05) is 36.7 Å². The summed E-state index contributed by atoms with van der Waals surface area (Å²) in [7, 11) is 4.07. The number of aliphatic hydroxyl groups excluding tert-OH is 1. The molecule has 1 aliphatic rings. The summed E-state index contributed by atoms with van der Waals surface area (Å²) in [5.74, 6) is 0.580. The van der Waals surface area contributed by atoms with Crippen LogP contribution >= 0.6 is 0 Å². The van der Waals surface area contributed by atoms with Crippen LogP contribution in [0.25, 0.3) is 0 Å². The van der Waals surface area contributed by atoms with Crippen LogP contribution in [0.4, 0.5) is 0 Å². The molecule has 112 valence electrons. The average Bonchev–Trinajstić information content (AvgIpc) is 3.07. The molecule has 0 spiro atoms. The number of nitrogens with zero attached hydrogens (tertiary/aromatic N) is 4. The Morgan fingerprint density at radius 1 is 1.60 bits per heavy atom. The van der Waals surface area contributed by atoms with Gasteiger partial charge in [0.1, 0.15) is 11.9 Å². The van der Waals surface area contributed by atoms with Gasteiger partial charge in [-0.3, -0.25) is 4.79 Å². The van der Waals surface area contributed by atoms with Crippen LogP contribution in [0.5, 0.6) is 0 Å². The van der Waals surface area contributed by atoms with Gasteiger partial charge in [-0.05, 0) is 27.4 Å². The van der Waals surface area contributed by atoms with Crippen molar-refractivity contribution in [3.63, 3.8) is 0 Å². The molecule has 2 unspecified atom stereocenters. The van der Waals surface area contributed by atoms with Crippen molar-refractivity contribution in [3.05, 3.63) is 18.2 Å². The van der Waals surface area contributed by atoms with Crippen LogP contribution in [-0.2, 0) is 11.3 Å². The van der Waals surface area contributed by atoms with E-state index in [4.69, 9.17) is 0 Å². The number of aromatic nitrogens is 2. The maximum atomic E-state index is 12.2. The van der Waals surface area contributed by atoms with Gasteiger partial charge in [0.25, 0.3) is 0 Å². The molecule has 0 radical (unpaired) electrons. The predicted molar refractivity (Wildman–Crippen MR) is 76.1 cm³/mol. The third kappa shape index (κ3) is 3.19. The number of amides is 1. The molecule has 1 saturated heterocycles. The second kappa shape index (κ2) is 6.37. The number of imidazole rings is 1. The first kappa shape index (κ1) is 15.0. The van der Waals surface area contributed by atoms with Gasteiger partial charge in [0, 0.05) is 38.1 Å². The third-order valence-corrected chi connectivity index (χ3v) is 4.00. The van der Waals surface area contributed by atoms with E-state index in [2.05, 4.69) is 9.88 Å². The van der Waals surface area contributed by atoms with Gasteiger partial charge in [-0.2, -0.15) is 0 Å². The number of hydrogen-bond donors (Lipinski definition) is 1. The molecule has 6 heteroatoms. The zero-order chi connectivity index (χ0) is 14.7. The highest BCUT2D eigenvalue weighted by Gasteiger charge is 2.29. The molecule has 0 saturated carbocycles. The minimum atomic E-state index is -0.823. The van der Waals surface area contributed by atoms with Gasteiger partial charge in [-0.1, -0.05) is 0 Å². The molecular weight excluding hydrogens is 256 g/mol. The summed E-state index contributed by atoms with van der Waals surface area (Å²) in [6.45, 7) is 4.26. The average molecular weight is 280 g/mol. The van der Waals surface area contributed by atoms with E-state index in [9.17, 15) is 9.90 Å². The highest BCUT2D eigenvalue weighted by molar-refractivity contribution is 5.77. The second-order valence-electron chi connectivity index (χ2n) is 5.54. The molecule has 0 aromatic carbocycles. The highest BCUT2D eigenvalue weighted by atomic mass is 16.3. The summed E-state index contributed by atoms with van der Waals surface area (Å²) in [4.78, 5) is 20.4. The Morgan fingerprint density at radius 3 is 2.95 bits per heavy atom. The van der Waals surface area contributed by atoms with Crippen LogP contribution in [0, 0.1) is 0 Å². The number of aliphatic hydroxyl groups is 1. The first-order valence-corrected chi connectivity index (χ1v) is 7.16. The number of carbonyl (C=O) groups excluding carboxylic acids is 1. The Labute approximate surface area is 120 Å². The van der Waals surface area contributed by atoms with Gasteiger partial charge in [-0.25, -0.2) is 4.98 Å². The standard InChI is InChI=1S/C14H24N4O2/c1-4-17-8-6-15-14(17)12(19)9-13(20)18-7-5-11(10-18)16(2)3/h6,8,11-12,19H,4-5,7,9-10H2,1-3H3. The summed E-state index contributed by atoms with van der Waals surface area (Å²) >= 11 is 0. The van der Waals surface area contributed by atoms with Gasteiger partial charge in [0.15, 0.2) is 0 Å². The van der Waals surface area contributed by atoms with Crippen LogP contribution in [0.2, 0.25) is 0 Å². The molecule has 0 bridgehead atoms. The number of aryl methyl sites for hydroxylation is 1. The Hall–Kier alpha value is -1.40. The Kier molecular flexibility index (Phi) is 4.77. The summed E-state index contributed by atoms with van der Waals surface area (Å²) in [6, 6.07) is 0.425. The Bertz CT molecular complexity index is 458. The van der Waals surface area contributed by atoms with Gasteiger partial charge < -0.3 is 19.5 Å². The van der Waals surface area contributed by atoms with E-state index in [1.165, 1.54) is 0 Å². The van der Waals surface area contributed by atoms with Crippen LogP contribution in [0.1, 0.15) is 31.7 Å². The molecule has 1 aliphatic heterocycles. The molecule has 2 heterocycles. The smallest absolute Gasteiger partial charge is 0.225 e. The van der Waals surface area contributed by atoms with Crippen LogP contribution in [-0.4, -0.2) is 63.6 Å². The van der Waals surface area contributed by atoms with Gasteiger partial charge in [0.2, 0.25) is 5.91 Å². The lowest BCUT2D eigenvalue weighted by atomic mass is 10.2. The zero-order valence-corrected chi connectivity index (χ0v) is 12.5. The Balaban J connectivity index is 1.92. The van der Waals surface area contributed by atoms with Crippen molar-refractivity contribution in [3.8, 4) is 0 Å². The minimum Gasteiger partial charge on any atom is -0.385 e. The summed E-state index contributed by atoms with van der Waals surface area (Å²) in [5, 5.41) is 10.2. The second-order valence-corrected chi connectivity index (χ2v) is 5.54. The summed E-state index contributed by atoms with van der Waals surface area (Å²) in [6.07, 6.45) is 3.76. The van der Waals surface area contributed by atoms with Gasteiger partial charge in [-0.15, -0.1) is 0 Å². The number of carbonyl (C=O) groups is 1. The number of likely N-dealkylation sites (N-methyl/N-ethyl adjacent to an activating group) is 1. The van der Waals surface area contributed by atoms with E-state index in [1.54, 1.807) is 6.20 Å². The number of hydrogen-bond acceptors (Lipinski definition) is 4.